The molecule has 142 valence electrons. The van der Waals surface area contributed by atoms with Crippen LogP contribution in [-0.2, 0) is 13.0 Å². The zero-order chi connectivity index (χ0) is 19.6. The number of fused-ring (bicyclic) bond motifs is 1. The van der Waals surface area contributed by atoms with Gasteiger partial charge in [0, 0.05) is 12.6 Å². The number of halogens is 1. The van der Waals surface area contributed by atoms with Gasteiger partial charge in [0.15, 0.2) is 5.75 Å². The summed E-state index contributed by atoms with van der Waals surface area (Å²) < 4.78 is 24.8. The zero-order valence-corrected chi connectivity index (χ0v) is 14.8. The van der Waals surface area contributed by atoms with E-state index in [4.69, 9.17) is 9.47 Å². The molecule has 0 bridgehead atoms. The number of nitrogens with zero attached hydrogens (tertiary/aromatic N) is 1. The first-order valence-corrected chi connectivity index (χ1v) is 8.19. The lowest BCUT2D eigenvalue weighted by Crippen LogP contribution is -2.25. The Labute approximate surface area is 154 Å². The molecule has 2 aromatic rings. The van der Waals surface area contributed by atoms with Gasteiger partial charge in [0.05, 0.1) is 30.4 Å². The number of amides is 1. The number of rotatable bonds is 5. The molecule has 2 aromatic carbocycles. The van der Waals surface area contributed by atoms with E-state index in [0.717, 1.165) is 11.6 Å². The first-order chi connectivity index (χ1) is 13.0. The Morgan fingerprint density at radius 1 is 1.30 bits per heavy atom. The molecular formula is C18H18FN3O5. The summed E-state index contributed by atoms with van der Waals surface area (Å²) in [5, 5.41) is 16.9. The van der Waals surface area contributed by atoms with Gasteiger partial charge >= 0.3 is 5.69 Å². The fourth-order valence-electron chi connectivity index (χ4n) is 3.04. The number of nitrogens with one attached hydrogen (secondary N) is 2. The number of nitro groups is 1. The summed E-state index contributed by atoms with van der Waals surface area (Å²) >= 11 is 0. The number of carbonyl (C=O) groups excluding carboxylic acids is 1. The summed E-state index contributed by atoms with van der Waals surface area (Å²) in [6.45, 7) is 1.23. The standard InChI is InChI=1S/C18H18FN3O5/c1-26-15-8-11(7-14(22(24)25)17(15)27-2)18(23)21-13-4-3-10-9-20-6-5-12(10)16(13)19/h3-4,7-8,20H,5-6,9H2,1-2H3,(H,21,23). The Morgan fingerprint density at radius 2 is 2.07 bits per heavy atom. The molecule has 1 aliphatic heterocycles. The third-order valence-electron chi connectivity index (χ3n) is 4.37. The fourth-order valence-corrected chi connectivity index (χ4v) is 3.04. The van der Waals surface area contributed by atoms with E-state index in [2.05, 4.69) is 10.6 Å². The van der Waals surface area contributed by atoms with Crippen molar-refractivity contribution < 1.29 is 23.6 Å². The van der Waals surface area contributed by atoms with Crippen LogP contribution in [0.1, 0.15) is 21.5 Å². The number of methoxy groups -OCH3 is 2. The molecule has 3 rings (SSSR count). The number of carbonyl (C=O) groups is 1. The maximum Gasteiger partial charge on any atom is 0.315 e. The highest BCUT2D eigenvalue weighted by Crippen LogP contribution is 2.38. The van der Waals surface area contributed by atoms with E-state index in [0.29, 0.717) is 25.1 Å². The molecule has 0 unspecified atom stereocenters. The molecule has 1 aliphatic rings. The van der Waals surface area contributed by atoms with E-state index in [-0.39, 0.29) is 22.7 Å². The Balaban J connectivity index is 1.95. The molecule has 1 amide bonds. The Kier molecular flexibility index (Phi) is 5.22. The number of nitro benzene ring substituents is 1. The van der Waals surface area contributed by atoms with Crippen molar-refractivity contribution >= 4 is 17.3 Å². The molecule has 27 heavy (non-hydrogen) atoms. The maximum absolute atomic E-state index is 14.7. The second kappa shape index (κ2) is 7.58. The lowest BCUT2D eigenvalue weighted by molar-refractivity contribution is -0.385. The molecule has 0 fully saturated rings. The molecule has 9 heteroatoms. The minimum atomic E-state index is -0.688. The van der Waals surface area contributed by atoms with E-state index in [1.807, 2.05) is 0 Å². The lowest BCUT2D eigenvalue weighted by atomic mass is 9.99. The molecule has 0 atom stereocenters. The van der Waals surface area contributed by atoms with Gasteiger partial charge in [0.2, 0.25) is 5.75 Å². The molecule has 0 aliphatic carbocycles. The van der Waals surface area contributed by atoms with Gasteiger partial charge in [0.25, 0.3) is 5.91 Å². The molecule has 8 nitrogen and oxygen atoms in total. The summed E-state index contributed by atoms with van der Waals surface area (Å²) in [7, 11) is 2.57. The highest BCUT2D eigenvalue weighted by Gasteiger charge is 2.25. The normalized spacial score (nSPS) is 12.9. The van der Waals surface area contributed by atoms with Crippen LogP contribution in [0.2, 0.25) is 0 Å². The number of anilines is 1. The molecule has 0 aromatic heterocycles. The Hall–Kier alpha value is -3.20. The maximum atomic E-state index is 14.7. The van der Waals surface area contributed by atoms with Gasteiger partial charge in [-0.1, -0.05) is 6.07 Å². The zero-order valence-electron chi connectivity index (χ0n) is 14.8. The van der Waals surface area contributed by atoms with E-state index < -0.39 is 22.3 Å². The summed E-state index contributed by atoms with van der Waals surface area (Å²) in [6, 6.07) is 5.60. The van der Waals surface area contributed by atoms with Crippen LogP contribution < -0.4 is 20.1 Å². The molecule has 0 radical (unpaired) electrons. The average molecular weight is 375 g/mol. The van der Waals surface area contributed by atoms with Crippen LogP contribution in [0.15, 0.2) is 24.3 Å². The van der Waals surface area contributed by atoms with Gasteiger partial charge in [-0.25, -0.2) is 4.39 Å². The van der Waals surface area contributed by atoms with E-state index in [1.54, 1.807) is 6.07 Å². The van der Waals surface area contributed by atoms with Gasteiger partial charge < -0.3 is 20.1 Å². The predicted octanol–water partition coefficient (Wildman–Crippen LogP) is 2.65. The molecule has 0 spiro atoms. The van der Waals surface area contributed by atoms with Crippen molar-refractivity contribution in [3.63, 3.8) is 0 Å². The monoisotopic (exact) mass is 375 g/mol. The minimum absolute atomic E-state index is 0.0260. The molecule has 1 heterocycles. The number of hydrogen-bond donors (Lipinski definition) is 2. The van der Waals surface area contributed by atoms with Crippen molar-refractivity contribution in [2.45, 2.75) is 13.0 Å². The number of ether oxygens (including phenoxy) is 2. The van der Waals surface area contributed by atoms with Crippen molar-refractivity contribution in [1.82, 2.24) is 5.32 Å². The van der Waals surface area contributed by atoms with Gasteiger partial charge in [-0.05, 0) is 36.2 Å². The third-order valence-corrected chi connectivity index (χ3v) is 4.37. The predicted molar refractivity (Wildman–Crippen MR) is 96.0 cm³/mol. The van der Waals surface area contributed by atoms with Crippen LogP contribution >= 0.6 is 0 Å². The fraction of sp³-hybridized carbons (Fsp3) is 0.278. The SMILES string of the molecule is COc1cc(C(=O)Nc2ccc3c(c2F)CCNC3)cc([N+](=O)[O-])c1OC. The highest BCUT2D eigenvalue weighted by molar-refractivity contribution is 6.05. The molecule has 0 saturated carbocycles. The smallest absolute Gasteiger partial charge is 0.315 e. The minimum Gasteiger partial charge on any atom is -0.493 e. The van der Waals surface area contributed by atoms with E-state index in [1.165, 1.54) is 26.4 Å². The van der Waals surface area contributed by atoms with Crippen LogP contribution in [0.4, 0.5) is 15.8 Å². The van der Waals surface area contributed by atoms with Crippen LogP contribution in [0.5, 0.6) is 11.5 Å². The summed E-state index contributed by atoms with van der Waals surface area (Å²) in [5.41, 5.74) is 0.971. The van der Waals surface area contributed by atoms with E-state index >= 15 is 0 Å². The molecule has 0 saturated heterocycles. The van der Waals surface area contributed by atoms with Crippen LogP contribution in [-0.4, -0.2) is 31.6 Å². The highest BCUT2D eigenvalue weighted by atomic mass is 19.1. The van der Waals surface area contributed by atoms with Crippen molar-refractivity contribution in [3.8, 4) is 11.5 Å². The topological polar surface area (TPSA) is 103 Å². The molecule has 2 N–H and O–H groups in total. The van der Waals surface area contributed by atoms with Gasteiger partial charge in [-0.3, -0.25) is 14.9 Å². The summed E-state index contributed by atoms with van der Waals surface area (Å²) in [5.74, 6) is -1.23. The quantitative estimate of drug-likeness (QED) is 0.615. The van der Waals surface area contributed by atoms with Gasteiger partial charge in [0.1, 0.15) is 5.82 Å². The van der Waals surface area contributed by atoms with Gasteiger partial charge in [-0.15, -0.1) is 0 Å². The molecular weight excluding hydrogens is 357 g/mol. The second-order valence-electron chi connectivity index (χ2n) is 5.93. The van der Waals surface area contributed by atoms with Crippen molar-refractivity contribution in [1.29, 1.82) is 0 Å². The van der Waals surface area contributed by atoms with E-state index in [9.17, 15) is 19.3 Å². The van der Waals surface area contributed by atoms with Crippen molar-refractivity contribution in [2.24, 2.45) is 0 Å². The van der Waals surface area contributed by atoms with Crippen LogP contribution in [0.25, 0.3) is 0 Å². The third kappa shape index (κ3) is 3.54. The van der Waals surface area contributed by atoms with Crippen molar-refractivity contribution in [3.05, 3.63) is 56.9 Å². The average Bonchev–Trinajstić information content (AvgIpc) is 2.68. The first-order valence-electron chi connectivity index (χ1n) is 8.19. The second-order valence-corrected chi connectivity index (χ2v) is 5.93. The number of benzene rings is 2. The largest absolute Gasteiger partial charge is 0.493 e. The van der Waals surface area contributed by atoms with Crippen LogP contribution in [0, 0.1) is 15.9 Å². The Bertz CT molecular complexity index is 916. The first kappa shape index (κ1) is 18.6. The number of hydrogen-bond acceptors (Lipinski definition) is 6. The summed E-state index contributed by atoms with van der Waals surface area (Å²) in [4.78, 5) is 23.2. The van der Waals surface area contributed by atoms with Crippen LogP contribution in [0.3, 0.4) is 0 Å². The van der Waals surface area contributed by atoms with Crippen molar-refractivity contribution in [2.75, 3.05) is 26.1 Å². The summed E-state index contributed by atoms with van der Waals surface area (Å²) in [6.07, 6.45) is 0.521. The van der Waals surface area contributed by atoms with Gasteiger partial charge in [-0.2, -0.15) is 0 Å². The Morgan fingerprint density at radius 3 is 2.74 bits per heavy atom. The lowest BCUT2D eigenvalue weighted by Gasteiger charge is -2.19.